The number of hydrogen-bond acceptors (Lipinski definition) is 5. The second-order valence-corrected chi connectivity index (χ2v) is 11.2. The number of nitrogens with zero attached hydrogens (tertiary/aromatic N) is 3. The highest BCUT2D eigenvalue weighted by Crippen LogP contribution is 2.26. The summed E-state index contributed by atoms with van der Waals surface area (Å²) in [6.07, 6.45) is 1.91. The van der Waals surface area contributed by atoms with Crippen molar-refractivity contribution in [1.29, 1.82) is 0 Å². The normalized spacial score (nSPS) is 11.4. The average Bonchev–Trinajstić information content (AvgIpc) is 3.11. The Hall–Kier alpha value is -3.76. The maximum Gasteiger partial charge on any atom is 0.295 e. The van der Waals surface area contributed by atoms with E-state index >= 15 is 0 Å². The van der Waals surface area contributed by atoms with E-state index in [1.165, 1.54) is 28.6 Å². The number of rotatable bonds is 8. The van der Waals surface area contributed by atoms with E-state index in [1.807, 2.05) is 31.4 Å². The second-order valence-electron chi connectivity index (χ2n) is 8.51. The molecule has 0 saturated carbocycles. The fourth-order valence-corrected chi connectivity index (χ4v) is 5.75. The van der Waals surface area contributed by atoms with Crippen LogP contribution in [0.3, 0.4) is 0 Å². The van der Waals surface area contributed by atoms with E-state index in [2.05, 4.69) is 5.32 Å². The van der Waals surface area contributed by atoms with Gasteiger partial charge in [-0.2, -0.15) is 0 Å². The molecule has 4 aromatic rings. The highest BCUT2D eigenvalue weighted by molar-refractivity contribution is 7.98. The summed E-state index contributed by atoms with van der Waals surface area (Å²) >= 11 is 1.50. The molecule has 10 heteroatoms. The monoisotopic (exact) mass is 536 g/mol. The molecule has 0 bridgehead atoms. The van der Waals surface area contributed by atoms with Gasteiger partial charge >= 0.3 is 0 Å². The van der Waals surface area contributed by atoms with Crippen molar-refractivity contribution in [3.05, 3.63) is 100 Å². The largest absolute Gasteiger partial charge is 0.318 e. The Balaban J connectivity index is 1.68. The van der Waals surface area contributed by atoms with Crippen molar-refractivity contribution in [2.24, 2.45) is 7.05 Å². The zero-order chi connectivity index (χ0) is 26.7. The van der Waals surface area contributed by atoms with Crippen LogP contribution in [0.15, 0.2) is 93.4 Å². The summed E-state index contributed by atoms with van der Waals surface area (Å²) in [5.74, 6) is -0.629. The third-order valence-corrected chi connectivity index (χ3v) is 8.61. The zero-order valence-electron chi connectivity index (χ0n) is 21.0. The van der Waals surface area contributed by atoms with E-state index in [1.54, 1.807) is 67.2 Å². The quantitative estimate of drug-likeness (QED) is 0.338. The number of nitrogens with one attached hydrogen (secondary N) is 1. The second kappa shape index (κ2) is 10.7. The lowest BCUT2D eigenvalue weighted by Crippen LogP contribution is -2.38. The number of hydrogen-bond donors (Lipinski definition) is 1. The van der Waals surface area contributed by atoms with Crippen LogP contribution in [0.2, 0.25) is 0 Å². The molecule has 0 aliphatic rings. The summed E-state index contributed by atoms with van der Waals surface area (Å²) < 4.78 is 31.5. The lowest BCUT2D eigenvalue weighted by Gasteiger charge is -2.24. The number of thioether (sulfide) groups is 1. The van der Waals surface area contributed by atoms with E-state index in [4.69, 9.17) is 0 Å². The van der Waals surface area contributed by atoms with E-state index in [0.717, 1.165) is 14.8 Å². The van der Waals surface area contributed by atoms with Crippen LogP contribution >= 0.6 is 11.8 Å². The minimum atomic E-state index is -4.07. The smallest absolute Gasteiger partial charge is 0.295 e. The average molecular weight is 537 g/mol. The van der Waals surface area contributed by atoms with Gasteiger partial charge in [0.1, 0.15) is 12.2 Å². The van der Waals surface area contributed by atoms with Crippen LogP contribution < -0.4 is 15.2 Å². The van der Waals surface area contributed by atoms with Crippen LogP contribution in [0.1, 0.15) is 11.3 Å². The van der Waals surface area contributed by atoms with Gasteiger partial charge in [0.15, 0.2) is 0 Å². The molecule has 37 heavy (non-hydrogen) atoms. The van der Waals surface area contributed by atoms with E-state index in [0.29, 0.717) is 17.1 Å². The number of aryl methyl sites for hydroxylation is 1. The Morgan fingerprint density at radius 3 is 2.16 bits per heavy atom. The summed E-state index contributed by atoms with van der Waals surface area (Å²) in [6.45, 7) is 3.11. The van der Waals surface area contributed by atoms with Gasteiger partial charge in [0, 0.05) is 11.9 Å². The van der Waals surface area contributed by atoms with Crippen LogP contribution in [0.5, 0.6) is 0 Å². The van der Waals surface area contributed by atoms with Crippen molar-refractivity contribution in [1.82, 2.24) is 9.36 Å². The van der Waals surface area contributed by atoms with Gasteiger partial charge in [-0.3, -0.25) is 18.6 Å². The van der Waals surface area contributed by atoms with Gasteiger partial charge in [-0.15, -0.1) is 11.8 Å². The molecule has 1 N–H and O–H groups in total. The lowest BCUT2D eigenvalue weighted by molar-refractivity contribution is -0.114. The van der Waals surface area contributed by atoms with Crippen molar-refractivity contribution in [2.45, 2.75) is 23.6 Å². The Morgan fingerprint density at radius 2 is 1.57 bits per heavy atom. The number of anilines is 2. The van der Waals surface area contributed by atoms with Gasteiger partial charge in [-0.05, 0) is 68.6 Å². The van der Waals surface area contributed by atoms with Crippen molar-refractivity contribution in [2.75, 3.05) is 22.4 Å². The number of carbonyl (C=O) groups is 1. The Labute approximate surface area is 220 Å². The van der Waals surface area contributed by atoms with Gasteiger partial charge in [0.05, 0.1) is 22.0 Å². The van der Waals surface area contributed by atoms with Gasteiger partial charge in [0.25, 0.3) is 15.6 Å². The maximum atomic E-state index is 13.7. The topological polar surface area (TPSA) is 93.4 Å². The molecule has 0 unspecified atom stereocenters. The van der Waals surface area contributed by atoms with E-state index < -0.39 is 28.0 Å². The zero-order valence-corrected chi connectivity index (χ0v) is 22.6. The molecular weight excluding hydrogens is 508 g/mol. The highest BCUT2D eigenvalue weighted by atomic mass is 32.2. The highest BCUT2D eigenvalue weighted by Gasteiger charge is 2.28. The summed E-state index contributed by atoms with van der Waals surface area (Å²) in [5, 5.41) is 2.66. The van der Waals surface area contributed by atoms with Gasteiger partial charge < -0.3 is 5.32 Å². The minimum absolute atomic E-state index is 0.0704. The Kier molecular flexibility index (Phi) is 7.60. The summed E-state index contributed by atoms with van der Waals surface area (Å²) in [7, 11) is -2.35. The molecule has 0 atom stereocenters. The Morgan fingerprint density at radius 1 is 0.946 bits per heavy atom. The standard InChI is InChI=1S/C27H28N4O4S2/c1-19-10-12-21(13-11-19)30(37(34,35)24-16-14-23(36-4)15-17-24)18-25(32)28-26-20(2)29(3)31(27(26)33)22-8-6-5-7-9-22/h5-17H,18H2,1-4H3,(H,28,32). The van der Waals surface area contributed by atoms with Crippen LogP contribution in [-0.4, -0.2) is 36.5 Å². The maximum absolute atomic E-state index is 13.7. The molecule has 0 saturated heterocycles. The molecule has 1 heterocycles. The van der Waals surface area contributed by atoms with Crippen molar-refractivity contribution < 1.29 is 13.2 Å². The van der Waals surface area contributed by atoms with Crippen LogP contribution in [0.25, 0.3) is 5.69 Å². The lowest BCUT2D eigenvalue weighted by atomic mass is 10.2. The first kappa shape index (κ1) is 26.3. The number of amides is 1. The molecule has 1 amide bonds. The van der Waals surface area contributed by atoms with Gasteiger partial charge in [0.2, 0.25) is 5.91 Å². The molecule has 3 aromatic carbocycles. The van der Waals surface area contributed by atoms with Crippen molar-refractivity contribution >= 4 is 39.1 Å². The number of para-hydroxylation sites is 1. The molecule has 0 aliphatic heterocycles. The molecule has 0 fully saturated rings. The first-order valence-electron chi connectivity index (χ1n) is 11.5. The SMILES string of the molecule is CSc1ccc(S(=O)(=O)N(CC(=O)Nc2c(C)n(C)n(-c3ccccc3)c2=O)c2ccc(C)cc2)cc1. The molecule has 8 nitrogen and oxygen atoms in total. The fourth-order valence-electron chi connectivity index (χ4n) is 3.92. The van der Waals surface area contributed by atoms with Gasteiger partial charge in [-0.1, -0.05) is 35.9 Å². The predicted octanol–water partition coefficient (Wildman–Crippen LogP) is 4.35. The van der Waals surface area contributed by atoms with Crippen molar-refractivity contribution in [3.8, 4) is 5.69 Å². The number of carbonyl (C=O) groups excluding carboxylic acids is 1. The molecule has 4 rings (SSSR count). The molecule has 0 radical (unpaired) electrons. The molecule has 0 spiro atoms. The minimum Gasteiger partial charge on any atom is -0.318 e. The Bertz CT molecular complexity index is 1570. The molecule has 0 aliphatic carbocycles. The fraction of sp³-hybridized carbons (Fsp3) is 0.185. The molecular formula is C27H28N4O4S2. The van der Waals surface area contributed by atoms with E-state index in [-0.39, 0.29) is 10.6 Å². The molecule has 192 valence electrons. The molecule has 1 aromatic heterocycles. The van der Waals surface area contributed by atoms with E-state index in [9.17, 15) is 18.0 Å². The third kappa shape index (κ3) is 5.35. The van der Waals surface area contributed by atoms with Gasteiger partial charge in [-0.25, -0.2) is 13.1 Å². The summed E-state index contributed by atoms with van der Waals surface area (Å²) in [4.78, 5) is 27.4. The number of sulfonamides is 1. The first-order valence-corrected chi connectivity index (χ1v) is 14.2. The third-order valence-electron chi connectivity index (χ3n) is 6.08. The van der Waals surface area contributed by atoms with Crippen LogP contribution in [0, 0.1) is 13.8 Å². The number of aromatic nitrogens is 2. The first-order chi connectivity index (χ1) is 17.6. The predicted molar refractivity (Wildman–Crippen MR) is 148 cm³/mol. The van der Waals surface area contributed by atoms with Crippen molar-refractivity contribution in [3.63, 3.8) is 0 Å². The van der Waals surface area contributed by atoms with Crippen LogP contribution in [0.4, 0.5) is 11.4 Å². The number of benzene rings is 3. The summed E-state index contributed by atoms with van der Waals surface area (Å²) in [5.41, 5.74) is 2.19. The van der Waals surface area contributed by atoms with Crippen LogP contribution in [-0.2, 0) is 21.9 Å². The summed E-state index contributed by atoms with van der Waals surface area (Å²) in [6, 6.07) is 22.5.